The maximum Gasteiger partial charge on any atom is 0.283 e. The molecule has 0 bridgehead atoms. The third-order valence-corrected chi connectivity index (χ3v) is 7.40. The molecule has 1 unspecified atom stereocenters. The fourth-order valence-corrected chi connectivity index (χ4v) is 6.44. The molecule has 2 aromatic rings. The van der Waals surface area contributed by atoms with Gasteiger partial charge in [-0.05, 0) is 53.9 Å². The number of benzene rings is 1. The Balaban J connectivity index is 1.64. The van der Waals surface area contributed by atoms with E-state index in [0.717, 1.165) is 30.4 Å². The van der Waals surface area contributed by atoms with Crippen LogP contribution in [0.3, 0.4) is 0 Å². The number of nitrogens with zero attached hydrogens (tertiary/aromatic N) is 3. The van der Waals surface area contributed by atoms with Crippen LogP contribution >= 0.6 is 0 Å². The number of aliphatic imine (C=N–C) groups is 1. The second-order valence-electron chi connectivity index (χ2n) is 9.12. The van der Waals surface area contributed by atoms with Gasteiger partial charge in [0.2, 0.25) is 0 Å². The quantitative estimate of drug-likeness (QED) is 0.848. The van der Waals surface area contributed by atoms with Gasteiger partial charge in [-0.1, -0.05) is 26.0 Å². The van der Waals surface area contributed by atoms with Gasteiger partial charge in [0.25, 0.3) is 6.02 Å². The average molecular weight is 393 g/mol. The molecule has 5 atom stereocenters. The largest absolute Gasteiger partial charge is 0.462 e. The summed E-state index contributed by atoms with van der Waals surface area (Å²) in [6, 6.07) is 6.97. The van der Waals surface area contributed by atoms with Gasteiger partial charge in [-0.3, -0.25) is 0 Å². The Hall–Kier alpha value is -2.47. The highest BCUT2D eigenvalue weighted by Gasteiger charge is 2.63. The van der Waals surface area contributed by atoms with E-state index >= 15 is 0 Å². The van der Waals surface area contributed by atoms with Crippen molar-refractivity contribution < 1.29 is 9.47 Å². The lowest BCUT2D eigenvalue weighted by Gasteiger charge is -2.50. The number of rotatable bonds is 2. The molecule has 152 valence electrons. The van der Waals surface area contributed by atoms with Gasteiger partial charge in [-0.15, -0.1) is 0 Å². The van der Waals surface area contributed by atoms with Gasteiger partial charge >= 0.3 is 0 Å². The molecule has 5 rings (SSSR count). The van der Waals surface area contributed by atoms with Crippen molar-refractivity contribution in [3.63, 3.8) is 0 Å². The first-order valence-electron chi connectivity index (χ1n) is 10.4. The summed E-state index contributed by atoms with van der Waals surface area (Å²) in [6.07, 6.45) is 8.63. The number of hydrogen-bond acceptors (Lipinski definition) is 6. The van der Waals surface area contributed by atoms with Gasteiger partial charge in [-0.25, -0.2) is 15.0 Å². The number of methoxy groups -OCH3 is 1. The van der Waals surface area contributed by atoms with E-state index in [2.05, 4.69) is 42.0 Å². The molecule has 3 aliphatic rings. The van der Waals surface area contributed by atoms with Crippen LogP contribution < -0.4 is 5.73 Å². The highest BCUT2D eigenvalue weighted by molar-refractivity contribution is 5.76. The van der Waals surface area contributed by atoms with E-state index < -0.39 is 5.54 Å². The summed E-state index contributed by atoms with van der Waals surface area (Å²) in [6.45, 7) is 5.12. The van der Waals surface area contributed by atoms with Crippen LogP contribution in [-0.4, -0.2) is 35.8 Å². The van der Waals surface area contributed by atoms with Crippen molar-refractivity contribution in [2.75, 3.05) is 13.7 Å². The molecule has 6 heteroatoms. The summed E-state index contributed by atoms with van der Waals surface area (Å²) in [5, 5.41) is 0. The van der Waals surface area contributed by atoms with Gasteiger partial charge in [0.15, 0.2) is 0 Å². The Kier molecular flexibility index (Phi) is 4.17. The molecule has 2 N–H and O–H groups in total. The number of ether oxygens (including phenoxy) is 2. The zero-order valence-corrected chi connectivity index (χ0v) is 17.3. The van der Waals surface area contributed by atoms with Crippen molar-refractivity contribution in [2.24, 2.45) is 28.0 Å². The number of nitrogens with two attached hydrogens (primary N) is 1. The average Bonchev–Trinajstić information content (AvgIpc) is 3.22. The monoisotopic (exact) mass is 392 g/mol. The maximum atomic E-state index is 6.09. The van der Waals surface area contributed by atoms with Crippen LogP contribution in [-0.2, 0) is 21.4 Å². The standard InChI is InChI=1S/C23H28N4O2/c1-14-7-22(8-15(2)20(14)28-3)9-17-5-4-16(18-10-25-13-26-11-18)6-19(17)23(22)12-29-21(24)27-23/h4-6,10-11,13-15,20H,7-9,12H2,1-3H3,(H2,24,27)/t14-,15+,20+,22+,23?. The zero-order chi connectivity index (χ0) is 20.2. The molecule has 0 amide bonds. The Morgan fingerprint density at radius 1 is 1.10 bits per heavy atom. The second-order valence-corrected chi connectivity index (χ2v) is 9.12. The Morgan fingerprint density at radius 2 is 1.83 bits per heavy atom. The minimum atomic E-state index is -0.431. The van der Waals surface area contributed by atoms with Crippen LogP contribution in [0.1, 0.15) is 37.8 Å². The summed E-state index contributed by atoms with van der Waals surface area (Å²) in [7, 11) is 1.83. The predicted molar refractivity (Wildman–Crippen MR) is 111 cm³/mol. The van der Waals surface area contributed by atoms with Crippen LogP contribution in [0.25, 0.3) is 11.1 Å². The molecule has 1 saturated carbocycles. The molecule has 1 aromatic carbocycles. The second kappa shape index (κ2) is 6.52. The normalized spacial score (nSPS) is 35.6. The lowest BCUT2D eigenvalue weighted by molar-refractivity contribution is -0.0779. The lowest BCUT2D eigenvalue weighted by atomic mass is 9.57. The molecule has 0 saturated heterocycles. The fourth-order valence-electron chi connectivity index (χ4n) is 6.44. The Bertz CT molecular complexity index is 949. The van der Waals surface area contributed by atoms with Crippen molar-refractivity contribution in [2.45, 2.75) is 44.8 Å². The van der Waals surface area contributed by atoms with E-state index in [4.69, 9.17) is 20.2 Å². The Labute approximate surface area is 171 Å². The fraction of sp³-hybridized carbons (Fsp3) is 0.522. The van der Waals surface area contributed by atoms with Crippen molar-refractivity contribution in [1.29, 1.82) is 0 Å². The molecular weight excluding hydrogens is 364 g/mol. The maximum absolute atomic E-state index is 6.09. The summed E-state index contributed by atoms with van der Waals surface area (Å²) >= 11 is 0. The highest BCUT2D eigenvalue weighted by atomic mass is 16.5. The molecule has 2 spiro atoms. The molecule has 1 aliphatic heterocycles. The van der Waals surface area contributed by atoms with Crippen molar-refractivity contribution in [1.82, 2.24) is 9.97 Å². The topological polar surface area (TPSA) is 82.6 Å². The zero-order valence-electron chi connectivity index (χ0n) is 17.3. The predicted octanol–water partition coefficient (Wildman–Crippen LogP) is 3.31. The van der Waals surface area contributed by atoms with E-state index in [-0.39, 0.29) is 11.5 Å². The van der Waals surface area contributed by atoms with Crippen molar-refractivity contribution in [3.8, 4) is 11.1 Å². The molecule has 0 radical (unpaired) electrons. The summed E-state index contributed by atoms with van der Waals surface area (Å²) in [5.41, 5.74) is 10.4. The number of fused-ring (bicyclic) bond motifs is 3. The van der Waals surface area contributed by atoms with Gasteiger partial charge in [0.05, 0.1) is 6.10 Å². The first kappa shape index (κ1) is 18.6. The third kappa shape index (κ3) is 2.61. The van der Waals surface area contributed by atoms with E-state index in [1.807, 2.05) is 19.5 Å². The van der Waals surface area contributed by atoms with E-state index in [0.29, 0.717) is 24.5 Å². The lowest BCUT2D eigenvalue weighted by Crippen LogP contribution is -2.51. The molecule has 1 fully saturated rings. The summed E-state index contributed by atoms with van der Waals surface area (Å²) in [4.78, 5) is 13.4. The highest BCUT2D eigenvalue weighted by Crippen LogP contribution is 2.63. The van der Waals surface area contributed by atoms with Gasteiger partial charge in [0, 0.05) is 30.5 Å². The van der Waals surface area contributed by atoms with Crippen LogP contribution in [0.4, 0.5) is 0 Å². The SMILES string of the molecule is CO[C@H]1[C@H](C)C[C@@]2(Cc3ccc(-c4cncnc4)cc3C23COC(N)=N3)C[C@@H]1C. The molecular formula is C23H28N4O2. The van der Waals surface area contributed by atoms with Crippen LogP contribution in [0, 0.1) is 17.3 Å². The number of aromatic nitrogens is 2. The minimum absolute atomic E-state index is 0.00384. The molecule has 6 nitrogen and oxygen atoms in total. The summed E-state index contributed by atoms with van der Waals surface area (Å²) in [5.74, 6) is 0.905. The van der Waals surface area contributed by atoms with E-state index in [1.165, 1.54) is 11.1 Å². The van der Waals surface area contributed by atoms with Crippen LogP contribution in [0.5, 0.6) is 0 Å². The smallest absolute Gasteiger partial charge is 0.283 e. The molecule has 1 aromatic heterocycles. The van der Waals surface area contributed by atoms with Gasteiger partial charge in [-0.2, -0.15) is 0 Å². The first-order chi connectivity index (χ1) is 14.0. The van der Waals surface area contributed by atoms with Crippen molar-refractivity contribution >= 4 is 6.02 Å². The first-order valence-corrected chi connectivity index (χ1v) is 10.4. The van der Waals surface area contributed by atoms with Crippen LogP contribution in [0.2, 0.25) is 0 Å². The van der Waals surface area contributed by atoms with E-state index in [1.54, 1.807) is 6.33 Å². The van der Waals surface area contributed by atoms with Crippen LogP contribution in [0.15, 0.2) is 41.9 Å². The van der Waals surface area contributed by atoms with E-state index in [9.17, 15) is 0 Å². The number of hydrogen-bond donors (Lipinski definition) is 1. The molecule has 29 heavy (non-hydrogen) atoms. The molecule has 2 heterocycles. The summed E-state index contributed by atoms with van der Waals surface area (Å²) < 4.78 is 11.7. The third-order valence-electron chi connectivity index (χ3n) is 7.40. The Morgan fingerprint density at radius 3 is 2.45 bits per heavy atom. The number of amidine groups is 1. The minimum Gasteiger partial charge on any atom is -0.462 e. The molecule has 2 aliphatic carbocycles. The van der Waals surface area contributed by atoms with Gasteiger partial charge < -0.3 is 15.2 Å². The van der Waals surface area contributed by atoms with Gasteiger partial charge in [0.1, 0.15) is 18.5 Å². The van der Waals surface area contributed by atoms with Crippen molar-refractivity contribution in [3.05, 3.63) is 48.0 Å².